The van der Waals surface area contributed by atoms with Crippen molar-refractivity contribution in [3.8, 4) is 5.75 Å². The van der Waals surface area contributed by atoms with E-state index in [2.05, 4.69) is 0 Å². The minimum Gasteiger partial charge on any atom is -0.507 e. The van der Waals surface area contributed by atoms with Crippen molar-refractivity contribution < 1.29 is 15.0 Å². The Labute approximate surface area is 134 Å². The van der Waals surface area contributed by atoms with Crippen LogP contribution in [0.2, 0.25) is 0 Å². The molecule has 0 saturated heterocycles. The van der Waals surface area contributed by atoms with Crippen LogP contribution in [0, 0.1) is 0 Å². The number of aromatic hydroxyl groups is 1. The van der Waals surface area contributed by atoms with Gasteiger partial charge in [0.25, 0.3) is 0 Å². The van der Waals surface area contributed by atoms with E-state index in [0.29, 0.717) is 5.56 Å². The minimum atomic E-state index is -1.13. The van der Waals surface area contributed by atoms with Crippen molar-refractivity contribution in [2.75, 3.05) is 0 Å². The average Bonchev–Trinajstić information content (AvgIpc) is 2.58. The van der Waals surface area contributed by atoms with Crippen LogP contribution in [0.25, 0.3) is 0 Å². The van der Waals surface area contributed by atoms with Crippen LogP contribution in [0.15, 0.2) is 78.9 Å². The van der Waals surface area contributed by atoms with Crippen molar-refractivity contribution in [3.05, 3.63) is 101 Å². The lowest BCUT2D eigenvalue weighted by molar-refractivity contribution is 0.0693. The van der Waals surface area contributed by atoms with Gasteiger partial charge in [0.2, 0.25) is 0 Å². The Bertz CT molecular complexity index is 771. The van der Waals surface area contributed by atoms with Crippen LogP contribution in [0.5, 0.6) is 5.75 Å². The van der Waals surface area contributed by atoms with Crippen molar-refractivity contribution in [1.82, 2.24) is 0 Å². The third kappa shape index (κ3) is 2.94. The van der Waals surface area contributed by atoms with Crippen LogP contribution in [-0.4, -0.2) is 16.2 Å². The quantitative estimate of drug-likeness (QED) is 0.708. The van der Waals surface area contributed by atoms with Gasteiger partial charge in [-0.3, -0.25) is 0 Å². The number of benzene rings is 3. The van der Waals surface area contributed by atoms with E-state index in [1.54, 1.807) is 12.1 Å². The first-order chi connectivity index (χ1) is 11.2. The third-order valence-corrected chi connectivity index (χ3v) is 3.87. The number of carboxylic acids is 1. The fraction of sp³-hybridized carbons (Fsp3) is 0.0500. The first-order valence-corrected chi connectivity index (χ1v) is 7.33. The van der Waals surface area contributed by atoms with E-state index in [-0.39, 0.29) is 17.2 Å². The Morgan fingerprint density at radius 2 is 1.26 bits per heavy atom. The number of para-hydroxylation sites is 1. The molecule has 0 aliphatic rings. The van der Waals surface area contributed by atoms with Gasteiger partial charge < -0.3 is 10.2 Å². The second-order valence-corrected chi connectivity index (χ2v) is 5.30. The van der Waals surface area contributed by atoms with Gasteiger partial charge in [0.15, 0.2) is 0 Å². The summed E-state index contributed by atoms with van der Waals surface area (Å²) in [6, 6.07) is 24.3. The monoisotopic (exact) mass is 304 g/mol. The van der Waals surface area contributed by atoms with Gasteiger partial charge in [-0.1, -0.05) is 72.8 Å². The topological polar surface area (TPSA) is 57.5 Å². The molecule has 0 unspecified atom stereocenters. The Morgan fingerprint density at radius 3 is 1.74 bits per heavy atom. The lowest BCUT2D eigenvalue weighted by Gasteiger charge is -2.20. The predicted molar refractivity (Wildman–Crippen MR) is 88.9 cm³/mol. The van der Waals surface area contributed by atoms with Crippen LogP contribution >= 0.6 is 0 Å². The average molecular weight is 304 g/mol. The number of phenols is 1. The van der Waals surface area contributed by atoms with Gasteiger partial charge in [0, 0.05) is 11.5 Å². The predicted octanol–water partition coefficient (Wildman–Crippen LogP) is 4.27. The summed E-state index contributed by atoms with van der Waals surface area (Å²) in [5.74, 6) is -1.54. The summed E-state index contributed by atoms with van der Waals surface area (Å²) in [5.41, 5.74) is 2.50. The van der Waals surface area contributed by atoms with Crippen LogP contribution < -0.4 is 0 Å². The number of carboxylic acid groups (broad SMARTS) is 1. The van der Waals surface area contributed by atoms with Gasteiger partial charge in [-0.25, -0.2) is 4.79 Å². The van der Waals surface area contributed by atoms with E-state index in [1.165, 1.54) is 6.07 Å². The Hall–Kier alpha value is -3.07. The molecule has 3 rings (SSSR count). The molecule has 114 valence electrons. The highest BCUT2D eigenvalue weighted by molar-refractivity contribution is 5.91. The second kappa shape index (κ2) is 6.36. The number of hydrogen-bond donors (Lipinski definition) is 2. The molecule has 0 amide bonds. The molecule has 0 aliphatic carbocycles. The molecule has 0 fully saturated rings. The van der Waals surface area contributed by atoms with E-state index in [0.717, 1.165) is 11.1 Å². The Kier molecular flexibility index (Phi) is 4.11. The smallest absolute Gasteiger partial charge is 0.339 e. The van der Waals surface area contributed by atoms with Crippen LogP contribution in [0.4, 0.5) is 0 Å². The van der Waals surface area contributed by atoms with Crippen molar-refractivity contribution in [1.29, 1.82) is 0 Å². The highest BCUT2D eigenvalue weighted by Crippen LogP contribution is 2.38. The lowest BCUT2D eigenvalue weighted by atomic mass is 9.84. The van der Waals surface area contributed by atoms with Crippen LogP contribution in [0.1, 0.15) is 33.0 Å². The highest BCUT2D eigenvalue weighted by atomic mass is 16.4. The summed E-state index contributed by atoms with van der Waals surface area (Å²) in [7, 11) is 0. The summed E-state index contributed by atoms with van der Waals surface area (Å²) in [4.78, 5) is 11.3. The van der Waals surface area contributed by atoms with Crippen molar-refractivity contribution in [2.45, 2.75) is 5.92 Å². The first-order valence-electron chi connectivity index (χ1n) is 7.33. The summed E-state index contributed by atoms with van der Waals surface area (Å²) < 4.78 is 0. The lowest BCUT2D eigenvalue weighted by Crippen LogP contribution is -2.06. The van der Waals surface area contributed by atoms with Crippen molar-refractivity contribution in [2.24, 2.45) is 0 Å². The maximum absolute atomic E-state index is 11.3. The molecule has 2 N–H and O–H groups in total. The Morgan fingerprint density at radius 1 is 0.739 bits per heavy atom. The molecule has 3 aromatic carbocycles. The molecule has 0 spiro atoms. The molecule has 23 heavy (non-hydrogen) atoms. The highest BCUT2D eigenvalue weighted by Gasteiger charge is 2.22. The van der Waals surface area contributed by atoms with Crippen LogP contribution in [0.3, 0.4) is 0 Å². The summed E-state index contributed by atoms with van der Waals surface area (Å²) in [6.07, 6.45) is 0. The summed E-state index contributed by atoms with van der Waals surface area (Å²) in [5, 5.41) is 19.7. The van der Waals surface area contributed by atoms with E-state index in [4.69, 9.17) is 0 Å². The molecule has 0 bridgehead atoms. The molecule has 3 aromatic rings. The number of hydrogen-bond acceptors (Lipinski definition) is 2. The fourth-order valence-corrected chi connectivity index (χ4v) is 2.81. The zero-order valence-corrected chi connectivity index (χ0v) is 12.4. The normalized spacial score (nSPS) is 10.7. The molecular weight excluding hydrogens is 288 g/mol. The SMILES string of the molecule is O=C(O)c1cccc(C(c2ccccc2)c2ccccc2)c1O. The third-order valence-electron chi connectivity index (χ3n) is 3.87. The molecule has 0 saturated carbocycles. The van der Waals surface area contributed by atoms with Gasteiger partial charge in [0.05, 0.1) is 0 Å². The molecule has 0 heterocycles. The van der Waals surface area contributed by atoms with Crippen LogP contribution in [-0.2, 0) is 0 Å². The van der Waals surface area contributed by atoms with Crippen molar-refractivity contribution >= 4 is 5.97 Å². The maximum Gasteiger partial charge on any atom is 0.339 e. The fourth-order valence-electron chi connectivity index (χ4n) is 2.81. The molecule has 3 heteroatoms. The zero-order chi connectivity index (χ0) is 16.2. The van der Waals surface area contributed by atoms with Gasteiger partial charge in [-0.2, -0.15) is 0 Å². The van der Waals surface area contributed by atoms with Crippen molar-refractivity contribution in [3.63, 3.8) is 0 Å². The molecular formula is C20H16O3. The zero-order valence-electron chi connectivity index (χ0n) is 12.4. The van der Waals surface area contributed by atoms with Gasteiger partial charge in [0.1, 0.15) is 11.3 Å². The van der Waals surface area contributed by atoms with E-state index < -0.39 is 5.97 Å². The molecule has 3 nitrogen and oxygen atoms in total. The second-order valence-electron chi connectivity index (χ2n) is 5.30. The largest absolute Gasteiger partial charge is 0.507 e. The summed E-state index contributed by atoms with van der Waals surface area (Å²) in [6.45, 7) is 0. The van der Waals surface area contributed by atoms with E-state index >= 15 is 0 Å². The standard InChI is InChI=1S/C20H16O3/c21-19-16(12-7-13-17(19)20(22)23)18(14-8-3-1-4-9-14)15-10-5-2-6-11-15/h1-13,18,21H,(H,22,23). The first kappa shape index (κ1) is 14.9. The maximum atomic E-state index is 11.3. The molecule has 0 radical (unpaired) electrons. The molecule has 0 aromatic heterocycles. The number of rotatable bonds is 4. The van der Waals surface area contributed by atoms with Gasteiger partial charge in [-0.05, 0) is 17.2 Å². The number of aromatic carboxylic acids is 1. The molecule has 0 aliphatic heterocycles. The Balaban J connectivity index is 2.21. The minimum absolute atomic E-state index is 0.0839. The number of carbonyl (C=O) groups is 1. The van der Waals surface area contributed by atoms with Gasteiger partial charge in [-0.15, -0.1) is 0 Å². The summed E-state index contributed by atoms with van der Waals surface area (Å²) >= 11 is 0. The molecule has 0 atom stereocenters. The van der Waals surface area contributed by atoms with E-state index in [9.17, 15) is 15.0 Å². The van der Waals surface area contributed by atoms with Gasteiger partial charge >= 0.3 is 5.97 Å². The van der Waals surface area contributed by atoms with E-state index in [1.807, 2.05) is 60.7 Å².